The van der Waals surface area contributed by atoms with Crippen LogP contribution in [0.3, 0.4) is 0 Å². The largest absolute Gasteiger partial charge is 0.462 e. The van der Waals surface area contributed by atoms with Crippen LogP contribution in [0.2, 0.25) is 0 Å². The Labute approximate surface area is 111 Å². The van der Waals surface area contributed by atoms with Gasteiger partial charge in [0.2, 0.25) is 0 Å². The van der Waals surface area contributed by atoms with Crippen molar-refractivity contribution in [3.63, 3.8) is 0 Å². The van der Waals surface area contributed by atoms with Gasteiger partial charge in [-0.1, -0.05) is 27.2 Å². The molecule has 18 heavy (non-hydrogen) atoms. The number of nitrogens with two attached hydrogens (primary N) is 1. The SMILES string of the molecule is CC1CCC(C(C)C)C(OC(=O)C(C)(C)CN)C1. The van der Waals surface area contributed by atoms with E-state index in [4.69, 9.17) is 10.5 Å². The third-order valence-corrected chi connectivity index (χ3v) is 4.28. The molecule has 2 N–H and O–H groups in total. The third kappa shape index (κ3) is 3.71. The highest BCUT2D eigenvalue weighted by atomic mass is 16.5. The number of hydrogen-bond donors (Lipinski definition) is 1. The van der Waals surface area contributed by atoms with Gasteiger partial charge < -0.3 is 10.5 Å². The smallest absolute Gasteiger partial charge is 0.313 e. The first kappa shape index (κ1) is 15.5. The number of carbonyl (C=O) groups excluding carboxylic acids is 1. The fourth-order valence-electron chi connectivity index (χ4n) is 2.63. The average molecular weight is 255 g/mol. The Morgan fingerprint density at radius 3 is 2.50 bits per heavy atom. The highest BCUT2D eigenvalue weighted by molar-refractivity contribution is 5.76. The summed E-state index contributed by atoms with van der Waals surface area (Å²) in [5, 5.41) is 0. The highest BCUT2D eigenvalue weighted by Crippen LogP contribution is 2.36. The molecule has 0 amide bonds. The molecule has 3 heteroatoms. The maximum atomic E-state index is 12.1. The molecule has 0 spiro atoms. The van der Waals surface area contributed by atoms with Crippen molar-refractivity contribution in [2.45, 2.75) is 60.0 Å². The van der Waals surface area contributed by atoms with Crippen molar-refractivity contribution in [1.29, 1.82) is 0 Å². The summed E-state index contributed by atoms with van der Waals surface area (Å²) in [7, 11) is 0. The maximum absolute atomic E-state index is 12.1. The van der Waals surface area contributed by atoms with Gasteiger partial charge in [-0.3, -0.25) is 4.79 Å². The molecule has 1 fully saturated rings. The van der Waals surface area contributed by atoms with Crippen LogP contribution in [-0.2, 0) is 9.53 Å². The van der Waals surface area contributed by atoms with E-state index < -0.39 is 5.41 Å². The lowest BCUT2D eigenvalue weighted by atomic mass is 9.75. The van der Waals surface area contributed by atoms with Crippen LogP contribution in [0, 0.1) is 23.2 Å². The third-order valence-electron chi connectivity index (χ3n) is 4.28. The predicted molar refractivity (Wildman–Crippen MR) is 74.1 cm³/mol. The number of rotatable bonds is 4. The molecule has 0 aromatic rings. The van der Waals surface area contributed by atoms with E-state index >= 15 is 0 Å². The van der Waals surface area contributed by atoms with Crippen molar-refractivity contribution in [2.75, 3.05) is 6.54 Å². The Kier molecular flexibility index (Phi) is 5.20. The molecule has 3 atom stereocenters. The number of carbonyl (C=O) groups is 1. The molecule has 0 aromatic carbocycles. The van der Waals surface area contributed by atoms with Crippen molar-refractivity contribution in [3.8, 4) is 0 Å². The van der Waals surface area contributed by atoms with Gasteiger partial charge in [-0.05, 0) is 44.4 Å². The van der Waals surface area contributed by atoms with Crippen LogP contribution in [0.4, 0.5) is 0 Å². The van der Waals surface area contributed by atoms with Gasteiger partial charge in [0.15, 0.2) is 0 Å². The molecule has 3 unspecified atom stereocenters. The summed E-state index contributed by atoms with van der Waals surface area (Å²) in [6, 6.07) is 0. The number of hydrogen-bond acceptors (Lipinski definition) is 3. The van der Waals surface area contributed by atoms with Crippen LogP contribution in [-0.4, -0.2) is 18.6 Å². The molecule has 1 rings (SSSR count). The molecule has 106 valence electrons. The first-order valence-corrected chi connectivity index (χ1v) is 7.19. The van der Waals surface area contributed by atoms with Crippen molar-refractivity contribution >= 4 is 5.97 Å². The van der Waals surface area contributed by atoms with Gasteiger partial charge >= 0.3 is 5.97 Å². The summed E-state index contributed by atoms with van der Waals surface area (Å²) in [5.74, 6) is 1.57. The van der Waals surface area contributed by atoms with Gasteiger partial charge in [-0.2, -0.15) is 0 Å². The molecule has 0 heterocycles. The minimum Gasteiger partial charge on any atom is -0.462 e. The van der Waals surface area contributed by atoms with Crippen LogP contribution >= 0.6 is 0 Å². The summed E-state index contributed by atoms with van der Waals surface area (Å²) in [6.07, 6.45) is 3.48. The second kappa shape index (κ2) is 6.05. The minimum atomic E-state index is -0.567. The highest BCUT2D eigenvalue weighted by Gasteiger charge is 2.36. The van der Waals surface area contributed by atoms with Crippen molar-refractivity contribution in [2.24, 2.45) is 28.9 Å². The standard InChI is InChI=1S/C15H29NO2/c1-10(2)12-7-6-11(3)8-13(12)18-14(17)15(4,5)9-16/h10-13H,6-9,16H2,1-5H3. The zero-order valence-electron chi connectivity index (χ0n) is 12.5. The van der Waals surface area contributed by atoms with Gasteiger partial charge in [0.25, 0.3) is 0 Å². The van der Waals surface area contributed by atoms with E-state index in [1.165, 1.54) is 12.8 Å². The monoisotopic (exact) mass is 255 g/mol. The molecule has 0 radical (unpaired) electrons. The van der Waals surface area contributed by atoms with E-state index in [1.807, 2.05) is 13.8 Å². The Hall–Kier alpha value is -0.570. The summed E-state index contributed by atoms with van der Waals surface area (Å²) in [4.78, 5) is 12.1. The second-order valence-corrected chi connectivity index (χ2v) is 6.86. The maximum Gasteiger partial charge on any atom is 0.313 e. The molecule has 3 nitrogen and oxygen atoms in total. The Bertz CT molecular complexity index is 286. The first-order chi connectivity index (χ1) is 8.27. The summed E-state index contributed by atoms with van der Waals surface area (Å²) >= 11 is 0. The quantitative estimate of drug-likeness (QED) is 0.786. The van der Waals surface area contributed by atoms with Gasteiger partial charge in [0.05, 0.1) is 5.41 Å². The first-order valence-electron chi connectivity index (χ1n) is 7.19. The topological polar surface area (TPSA) is 52.3 Å². The lowest BCUT2D eigenvalue weighted by Crippen LogP contribution is -2.41. The molecular weight excluding hydrogens is 226 g/mol. The molecule has 0 bridgehead atoms. The van der Waals surface area contributed by atoms with E-state index in [0.29, 0.717) is 24.3 Å². The van der Waals surface area contributed by atoms with Crippen molar-refractivity contribution < 1.29 is 9.53 Å². The molecular formula is C15H29NO2. The summed E-state index contributed by atoms with van der Waals surface area (Å²) in [5.41, 5.74) is 5.07. The van der Waals surface area contributed by atoms with Crippen LogP contribution < -0.4 is 5.73 Å². The van der Waals surface area contributed by atoms with Gasteiger partial charge in [0, 0.05) is 6.54 Å². The average Bonchev–Trinajstić information content (AvgIpc) is 2.28. The number of esters is 1. The van der Waals surface area contributed by atoms with E-state index in [-0.39, 0.29) is 12.1 Å². The van der Waals surface area contributed by atoms with E-state index in [1.54, 1.807) is 0 Å². The lowest BCUT2D eigenvalue weighted by Gasteiger charge is -2.38. The Balaban J connectivity index is 2.69. The Morgan fingerprint density at radius 1 is 1.39 bits per heavy atom. The second-order valence-electron chi connectivity index (χ2n) is 6.86. The fraction of sp³-hybridized carbons (Fsp3) is 0.933. The predicted octanol–water partition coefficient (Wildman–Crippen LogP) is 2.98. The number of ether oxygens (including phenoxy) is 1. The summed E-state index contributed by atoms with van der Waals surface area (Å²) < 4.78 is 5.77. The molecule has 1 aliphatic rings. The molecule has 0 aromatic heterocycles. The van der Waals surface area contributed by atoms with E-state index in [2.05, 4.69) is 20.8 Å². The molecule has 1 aliphatic carbocycles. The van der Waals surface area contributed by atoms with Crippen LogP contribution in [0.25, 0.3) is 0 Å². The Morgan fingerprint density at radius 2 is 2.00 bits per heavy atom. The normalized spacial score (nSPS) is 29.4. The van der Waals surface area contributed by atoms with Crippen LogP contribution in [0.1, 0.15) is 53.9 Å². The van der Waals surface area contributed by atoms with Crippen molar-refractivity contribution in [3.05, 3.63) is 0 Å². The molecule has 0 saturated heterocycles. The van der Waals surface area contributed by atoms with E-state index in [9.17, 15) is 4.79 Å². The van der Waals surface area contributed by atoms with Crippen molar-refractivity contribution in [1.82, 2.24) is 0 Å². The van der Waals surface area contributed by atoms with Gasteiger partial charge in [-0.15, -0.1) is 0 Å². The molecule has 0 aliphatic heterocycles. The zero-order chi connectivity index (χ0) is 13.9. The van der Waals surface area contributed by atoms with Crippen LogP contribution in [0.5, 0.6) is 0 Å². The fourth-order valence-corrected chi connectivity index (χ4v) is 2.63. The van der Waals surface area contributed by atoms with Gasteiger partial charge in [0.1, 0.15) is 6.10 Å². The molecule has 1 saturated carbocycles. The lowest BCUT2D eigenvalue weighted by molar-refractivity contribution is -0.165. The van der Waals surface area contributed by atoms with E-state index in [0.717, 1.165) is 6.42 Å². The van der Waals surface area contributed by atoms with Gasteiger partial charge in [-0.25, -0.2) is 0 Å². The minimum absolute atomic E-state index is 0.0760. The van der Waals surface area contributed by atoms with Crippen LogP contribution in [0.15, 0.2) is 0 Å². The zero-order valence-corrected chi connectivity index (χ0v) is 12.5. The summed E-state index contributed by atoms with van der Waals surface area (Å²) in [6.45, 7) is 10.7.